The zero-order chi connectivity index (χ0) is 16.6. The summed E-state index contributed by atoms with van der Waals surface area (Å²) in [5, 5.41) is 4.16. The molecule has 1 fully saturated rings. The molecule has 1 amide bonds. The number of halogens is 2. The third-order valence-electron chi connectivity index (χ3n) is 3.62. The van der Waals surface area contributed by atoms with Crippen molar-refractivity contribution in [2.24, 2.45) is 5.92 Å². The number of carbonyl (C=O) groups is 1. The van der Waals surface area contributed by atoms with Crippen LogP contribution in [0.4, 0.5) is 9.57 Å². The molecule has 0 saturated carbocycles. The van der Waals surface area contributed by atoms with Crippen LogP contribution in [0.15, 0.2) is 41.1 Å². The highest BCUT2D eigenvalue weighted by atomic mass is 79.9. The van der Waals surface area contributed by atoms with E-state index < -0.39 is 21.9 Å². The molecule has 0 spiro atoms. The smallest absolute Gasteiger partial charge is 0.302 e. The molecule has 1 aromatic heterocycles. The first-order valence-electron chi connectivity index (χ1n) is 6.85. The molecule has 1 atom stereocenters. The number of hydrogen-bond acceptors (Lipinski definition) is 4. The van der Waals surface area contributed by atoms with Crippen molar-refractivity contribution >= 4 is 37.7 Å². The van der Waals surface area contributed by atoms with Crippen LogP contribution >= 0.6 is 15.9 Å². The maximum absolute atomic E-state index is 12.8. The minimum Gasteiger partial charge on any atom is -0.312 e. The Labute approximate surface area is 141 Å². The van der Waals surface area contributed by atoms with Gasteiger partial charge in [0.25, 0.3) is 0 Å². The average molecular weight is 402 g/mol. The summed E-state index contributed by atoms with van der Waals surface area (Å²) in [7, 11) is -4.57. The lowest BCUT2D eigenvalue weighted by atomic mass is 10.1. The molecule has 0 bridgehead atoms. The van der Waals surface area contributed by atoms with Gasteiger partial charge in [0, 0.05) is 30.8 Å². The minimum atomic E-state index is -4.57. The van der Waals surface area contributed by atoms with Gasteiger partial charge in [0.15, 0.2) is 0 Å². The third-order valence-corrected chi connectivity index (χ3v) is 4.90. The topological polar surface area (TPSA) is 72.3 Å². The summed E-state index contributed by atoms with van der Waals surface area (Å²) >= 11 is 3.32. The molecule has 2 aromatic rings. The number of rotatable bonds is 4. The highest BCUT2D eigenvalue weighted by Gasteiger charge is 2.33. The average Bonchev–Trinajstić information content (AvgIpc) is 3.03. The Morgan fingerprint density at radius 1 is 1.26 bits per heavy atom. The first-order chi connectivity index (χ1) is 10.8. The molecule has 0 aliphatic carbocycles. The molecule has 1 saturated heterocycles. The molecule has 0 radical (unpaired) electrons. The molecule has 1 unspecified atom stereocenters. The molecule has 1 aliphatic heterocycles. The van der Waals surface area contributed by atoms with E-state index in [1.54, 1.807) is 41.3 Å². The molecule has 0 N–H and O–H groups in total. The Bertz CT molecular complexity index is 835. The van der Waals surface area contributed by atoms with Crippen LogP contribution in [0.2, 0.25) is 0 Å². The fraction of sp³-hybridized carbons (Fsp3) is 0.286. The van der Waals surface area contributed by atoms with Gasteiger partial charge in [0.2, 0.25) is 5.91 Å². The van der Waals surface area contributed by atoms with Crippen LogP contribution in [0.3, 0.4) is 0 Å². The SMILES string of the molecule is O=C1CC(CS(=O)(=O)F)CN1c1ccc(-n2cc(Br)cn2)cc1. The molecule has 23 heavy (non-hydrogen) atoms. The highest BCUT2D eigenvalue weighted by Crippen LogP contribution is 2.27. The fourth-order valence-corrected chi connectivity index (χ4v) is 3.72. The van der Waals surface area contributed by atoms with E-state index >= 15 is 0 Å². The van der Waals surface area contributed by atoms with Gasteiger partial charge in [-0.05, 0) is 40.2 Å². The molecule has 122 valence electrons. The van der Waals surface area contributed by atoms with Crippen LogP contribution in [0.25, 0.3) is 5.69 Å². The largest absolute Gasteiger partial charge is 0.312 e. The van der Waals surface area contributed by atoms with Gasteiger partial charge in [-0.25, -0.2) is 4.68 Å². The molecule has 6 nitrogen and oxygen atoms in total. The monoisotopic (exact) mass is 401 g/mol. The molecular formula is C14H13BrFN3O3S. The van der Waals surface area contributed by atoms with Gasteiger partial charge in [-0.2, -0.15) is 13.5 Å². The van der Waals surface area contributed by atoms with Crippen molar-refractivity contribution < 1.29 is 17.1 Å². The number of nitrogens with zero attached hydrogens (tertiary/aromatic N) is 3. The lowest BCUT2D eigenvalue weighted by Gasteiger charge is -2.17. The van der Waals surface area contributed by atoms with Crippen molar-refractivity contribution in [3.63, 3.8) is 0 Å². The first kappa shape index (κ1) is 16.1. The zero-order valence-electron chi connectivity index (χ0n) is 11.9. The van der Waals surface area contributed by atoms with Crippen molar-refractivity contribution in [2.45, 2.75) is 6.42 Å². The maximum Gasteiger partial charge on any atom is 0.302 e. The number of hydrogen-bond donors (Lipinski definition) is 0. The Morgan fingerprint density at radius 2 is 1.91 bits per heavy atom. The van der Waals surface area contributed by atoms with E-state index in [2.05, 4.69) is 21.0 Å². The number of amides is 1. The molecule has 2 heterocycles. The van der Waals surface area contributed by atoms with E-state index in [-0.39, 0.29) is 18.9 Å². The lowest BCUT2D eigenvalue weighted by molar-refractivity contribution is -0.117. The summed E-state index contributed by atoms with van der Waals surface area (Å²) in [6, 6.07) is 7.13. The second-order valence-electron chi connectivity index (χ2n) is 5.40. The van der Waals surface area contributed by atoms with Gasteiger partial charge in [-0.15, -0.1) is 3.89 Å². The quantitative estimate of drug-likeness (QED) is 0.736. The van der Waals surface area contributed by atoms with Gasteiger partial charge in [-0.3, -0.25) is 4.79 Å². The van der Waals surface area contributed by atoms with E-state index in [1.807, 2.05) is 0 Å². The zero-order valence-corrected chi connectivity index (χ0v) is 14.3. The van der Waals surface area contributed by atoms with E-state index in [0.717, 1.165) is 10.2 Å². The van der Waals surface area contributed by atoms with E-state index in [1.165, 1.54) is 4.90 Å². The second-order valence-corrected chi connectivity index (χ2v) is 7.73. The second kappa shape index (κ2) is 6.04. The Kier molecular flexibility index (Phi) is 4.24. The van der Waals surface area contributed by atoms with Crippen LogP contribution in [0, 0.1) is 5.92 Å². The van der Waals surface area contributed by atoms with E-state index in [0.29, 0.717) is 5.69 Å². The molecule has 1 aliphatic rings. The van der Waals surface area contributed by atoms with Gasteiger partial charge < -0.3 is 4.90 Å². The van der Waals surface area contributed by atoms with Crippen LogP contribution < -0.4 is 4.90 Å². The predicted molar refractivity (Wildman–Crippen MR) is 86.6 cm³/mol. The van der Waals surface area contributed by atoms with Crippen LogP contribution in [0.5, 0.6) is 0 Å². The van der Waals surface area contributed by atoms with Gasteiger partial charge in [0.05, 0.1) is 22.1 Å². The highest BCUT2D eigenvalue weighted by molar-refractivity contribution is 9.10. The van der Waals surface area contributed by atoms with Crippen molar-refractivity contribution in [1.29, 1.82) is 0 Å². The van der Waals surface area contributed by atoms with E-state index in [4.69, 9.17) is 0 Å². The Balaban J connectivity index is 1.76. The fourth-order valence-electron chi connectivity index (χ4n) is 2.65. The molecule has 9 heteroatoms. The van der Waals surface area contributed by atoms with Crippen molar-refractivity contribution in [2.75, 3.05) is 17.2 Å². The number of aromatic nitrogens is 2. The standard InChI is InChI=1S/C14H13BrFN3O3S/c15-11-6-17-19(8-11)13-3-1-12(2-4-13)18-7-10(5-14(18)20)9-23(16,21)22/h1-4,6,8,10H,5,7,9H2. The summed E-state index contributed by atoms with van der Waals surface area (Å²) in [5.41, 5.74) is 1.48. The third kappa shape index (κ3) is 3.78. The van der Waals surface area contributed by atoms with Gasteiger partial charge >= 0.3 is 10.2 Å². The molecule has 1 aromatic carbocycles. The predicted octanol–water partition coefficient (Wildman–Crippen LogP) is 2.29. The summed E-state index contributed by atoms with van der Waals surface area (Å²) in [4.78, 5) is 13.5. The van der Waals surface area contributed by atoms with Gasteiger partial charge in [0.1, 0.15) is 0 Å². The van der Waals surface area contributed by atoms with E-state index in [9.17, 15) is 17.1 Å². The maximum atomic E-state index is 12.8. The number of benzene rings is 1. The summed E-state index contributed by atoms with van der Waals surface area (Å²) in [6.45, 7) is 0.203. The van der Waals surface area contributed by atoms with Crippen LogP contribution in [-0.4, -0.2) is 36.4 Å². The summed E-state index contributed by atoms with van der Waals surface area (Å²) < 4.78 is 36.8. The lowest BCUT2D eigenvalue weighted by Crippen LogP contribution is -2.25. The Morgan fingerprint density at radius 3 is 2.48 bits per heavy atom. The van der Waals surface area contributed by atoms with Crippen LogP contribution in [-0.2, 0) is 15.0 Å². The van der Waals surface area contributed by atoms with Crippen molar-refractivity contribution in [3.05, 3.63) is 41.1 Å². The van der Waals surface area contributed by atoms with Gasteiger partial charge in [-0.1, -0.05) is 0 Å². The first-order valence-corrected chi connectivity index (χ1v) is 9.20. The van der Waals surface area contributed by atoms with Crippen molar-refractivity contribution in [1.82, 2.24) is 9.78 Å². The summed E-state index contributed by atoms with van der Waals surface area (Å²) in [5.74, 6) is -1.33. The molecule has 3 rings (SSSR count). The number of carbonyl (C=O) groups excluding carboxylic acids is 1. The minimum absolute atomic E-state index is 0.0387. The summed E-state index contributed by atoms with van der Waals surface area (Å²) in [6.07, 6.45) is 3.51. The molecular weight excluding hydrogens is 389 g/mol. The Hall–Kier alpha value is -1.74. The normalized spacial score (nSPS) is 18.6. The van der Waals surface area contributed by atoms with Crippen LogP contribution in [0.1, 0.15) is 6.42 Å². The number of anilines is 1. The van der Waals surface area contributed by atoms with Crippen molar-refractivity contribution in [3.8, 4) is 5.69 Å².